The summed E-state index contributed by atoms with van der Waals surface area (Å²) in [6, 6.07) is 60.8. The van der Waals surface area contributed by atoms with Crippen molar-refractivity contribution < 1.29 is 4.57 Å². The Morgan fingerprint density at radius 2 is 1.04 bits per heavy atom. The fourth-order valence-electron chi connectivity index (χ4n) is 7.56. The van der Waals surface area contributed by atoms with Crippen molar-refractivity contribution in [1.82, 2.24) is 19.5 Å². The summed E-state index contributed by atoms with van der Waals surface area (Å²) in [6.45, 7) is 0. The van der Waals surface area contributed by atoms with Crippen molar-refractivity contribution in [3.63, 3.8) is 0 Å². The van der Waals surface area contributed by atoms with Crippen LogP contribution in [0.2, 0.25) is 0 Å². The summed E-state index contributed by atoms with van der Waals surface area (Å²) in [5.74, 6) is 1.67. The van der Waals surface area contributed by atoms with Gasteiger partial charge in [0.2, 0.25) is 13.2 Å². The van der Waals surface area contributed by atoms with Gasteiger partial charge in [-0.05, 0) is 48.0 Å². The molecule has 6 nitrogen and oxygen atoms in total. The summed E-state index contributed by atoms with van der Waals surface area (Å²) in [6.07, 6.45) is 0. The molecule has 1 unspecified atom stereocenters. The van der Waals surface area contributed by atoms with Gasteiger partial charge in [-0.2, -0.15) is 9.97 Å². The first-order valence-corrected chi connectivity index (χ1v) is 18.9. The molecule has 0 saturated carbocycles. The first-order chi connectivity index (χ1) is 25.7. The Labute approximate surface area is 300 Å². The minimum absolute atomic E-state index is 0.507. The Morgan fingerprint density at radius 3 is 1.71 bits per heavy atom. The van der Waals surface area contributed by atoms with Crippen molar-refractivity contribution in [3.05, 3.63) is 182 Å². The molecule has 0 saturated heterocycles. The first-order valence-electron chi connectivity index (χ1n) is 17.2. The lowest BCUT2D eigenvalue weighted by Crippen LogP contribution is -2.33. The highest BCUT2D eigenvalue weighted by atomic mass is 31.2. The average Bonchev–Trinajstić information content (AvgIpc) is 3.56. The molecule has 7 heteroatoms. The molecule has 0 spiro atoms. The number of hydrogen-bond acceptors (Lipinski definition) is 4. The predicted molar refractivity (Wildman–Crippen MR) is 212 cm³/mol. The second-order valence-electron chi connectivity index (χ2n) is 12.8. The fraction of sp³-hybridized carbons (Fsp3) is 0. The van der Waals surface area contributed by atoms with Crippen LogP contribution in [0.5, 0.6) is 0 Å². The Kier molecular flexibility index (Phi) is 6.98. The van der Waals surface area contributed by atoms with Gasteiger partial charge >= 0.3 is 0 Å². The molecule has 0 aliphatic carbocycles. The molecule has 7 aromatic carbocycles. The lowest BCUT2D eigenvalue weighted by atomic mass is 9.99. The van der Waals surface area contributed by atoms with E-state index in [9.17, 15) is 0 Å². The lowest BCUT2D eigenvalue weighted by Gasteiger charge is -2.40. The summed E-state index contributed by atoms with van der Waals surface area (Å²) < 4.78 is 20.3. The second-order valence-corrected chi connectivity index (χ2v) is 15.3. The van der Waals surface area contributed by atoms with E-state index < -0.39 is 7.29 Å². The third-order valence-corrected chi connectivity index (χ3v) is 12.9. The molecule has 0 fully saturated rings. The van der Waals surface area contributed by atoms with Crippen molar-refractivity contribution in [2.75, 3.05) is 4.67 Å². The van der Waals surface area contributed by atoms with E-state index in [-0.39, 0.29) is 0 Å². The maximum Gasteiger partial charge on any atom is 0.238 e. The Morgan fingerprint density at radius 1 is 0.481 bits per heavy atom. The third kappa shape index (κ3) is 4.58. The number of hydrogen-bond donors (Lipinski definition) is 0. The molecular weight excluding hydrogens is 658 g/mol. The van der Waals surface area contributed by atoms with Crippen LogP contribution in [0, 0.1) is 0 Å². The first kappa shape index (κ1) is 30.2. The Balaban J connectivity index is 1.36. The molecular formula is C45H30N5OP. The highest BCUT2D eigenvalue weighted by Crippen LogP contribution is 2.62. The molecule has 0 amide bonds. The van der Waals surface area contributed by atoms with Gasteiger partial charge in [0, 0.05) is 43.8 Å². The Hall–Kier alpha value is -6.62. The van der Waals surface area contributed by atoms with Crippen molar-refractivity contribution in [1.29, 1.82) is 0 Å². The smallest absolute Gasteiger partial charge is 0.238 e. The van der Waals surface area contributed by atoms with Crippen LogP contribution in [0.3, 0.4) is 0 Å². The van der Waals surface area contributed by atoms with Crippen LogP contribution in [-0.4, -0.2) is 19.5 Å². The zero-order valence-corrected chi connectivity index (χ0v) is 28.8. The molecule has 52 heavy (non-hydrogen) atoms. The van der Waals surface area contributed by atoms with E-state index in [2.05, 4.69) is 51.7 Å². The van der Waals surface area contributed by atoms with Crippen LogP contribution in [0.4, 0.5) is 11.4 Å². The van der Waals surface area contributed by atoms with E-state index in [1.54, 1.807) is 0 Å². The molecule has 1 atom stereocenters. The Bertz CT molecular complexity index is 2760. The van der Waals surface area contributed by atoms with E-state index in [4.69, 9.17) is 15.0 Å². The molecule has 0 radical (unpaired) electrons. The molecule has 3 heterocycles. The molecule has 2 aromatic heterocycles. The van der Waals surface area contributed by atoms with Crippen LogP contribution < -0.4 is 15.3 Å². The zero-order valence-electron chi connectivity index (χ0n) is 27.9. The molecule has 9 aromatic rings. The summed E-state index contributed by atoms with van der Waals surface area (Å²) in [5, 5.41) is 3.68. The predicted octanol–water partition coefficient (Wildman–Crippen LogP) is 10.4. The number of para-hydroxylation sites is 2. The van der Waals surface area contributed by atoms with Crippen molar-refractivity contribution in [2.24, 2.45) is 0 Å². The topological polar surface area (TPSA) is 63.9 Å². The zero-order chi connectivity index (χ0) is 34.6. The summed E-state index contributed by atoms with van der Waals surface area (Å²) >= 11 is 0. The molecule has 0 bridgehead atoms. The van der Waals surface area contributed by atoms with Gasteiger partial charge in [0.15, 0.2) is 11.6 Å². The maximum absolute atomic E-state index is 16.1. The van der Waals surface area contributed by atoms with Gasteiger partial charge in [-0.25, -0.2) is 4.98 Å². The second kappa shape index (κ2) is 12.0. The fourth-order valence-corrected chi connectivity index (χ4v) is 10.6. The van der Waals surface area contributed by atoms with Crippen LogP contribution >= 0.6 is 7.29 Å². The normalized spacial score (nSPS) is 15.0. The number of nitrogens with zero attached hydrogens (tertiary/aromatic N) is 5. The number of anilines is 2. The van der Waals surface area contributed by atoms with Crippen molar-refractivity contribution in [3.8, 4) is 39.9 Å². The van der Waals surface area contributed by atoms with Crippen LogP contribution in [0.15, 0.2) is 182 Å². The highest BCUT2D eigenvalue weighted by molar-refractivity contribution is 7.80. The van der Waals surface area contributed by atoms with Gasteiger partial charge in [-0.1, -0.05) is 140 Å². The van der Waals surface area contributed by atoms with E-state index in [0.717, 1.165) is 66.0 Å². The van der Waals surface area contributed by atoms with E-state index >= 15 is 4.57 Å². The monoisotopic (exact) mass is 687 g/mol. The third-order valence-electron chi connectivity index (χ3n) is 9.82. The summed E-state index contributed by atoms with van der Waals surface area (Å²) in [5.41, 5.74) is 7.31. The van der Waals surface area contributed by atoms with Crippen molar-refractivity contribution >= 4 is 51.1 Å². The molecule has 1 aliphatic heterocycles. The average molecular weight is 688 g/mol. The summed E-state index contributed by atoms with van der Waals surface area (Å²) in [7, 11) is -3.43. The number of fused-ring (bicyclic) bond motifs is 7. The van der Waals surface area contributed by atoms with Gasteiger partial charge in [0.25, 0.3) is 0 Å². The highest BCUT2D eigenvalue weighted by Gasteiger charge is 2.44. The van der Waals surface area contributed by atoms with Crippen LogP contribution in [0.1, 0.15) is 0 Å². The van der Waals surface area contributed by atoms with Gasteiger partial charge in [0.1, 0.15) is 0 Å². The van der Waals surface area contributed by atoms with Crippen LogP contribution in [-0.2, 0) is 4.57 Å². The minimum Gasteiger partial charge on any atom is -0.289 e. The minimum atomic E-state index is -3.43. The lowest BCUT2D eigenvalue weighted by molar-refractivity contribution is 0.587. The number of benzene rings is 7. The van der Waals surface area contributed by atoms with Gasteiger partial charge in [-0.3, -0.25) is 13.8 Å². The SMILES string of the molecule is O=P1(c2ccccc2)c2ccccc2-c2c(ccc3c4ccccc4n(-c4nc(-c5ccccc5)nc(-c5ccccc5)n4)c23)N1c1ccccc1. The van der Waals surface area contributed by atoms with E-state index in [1.165, 1.54) is 0 Å². The molecule has 0 N–H and O–H groups in total. The van der Waals surface area contributed by atoms with E-state index in [1.807, 2.05) is 140 Å². The van der Waals surface area contributed by atoms with E-state index in [0.29, 0.717) is 17.6 Å². The summed E-state index contributed by atoms with van der Waals surface area (Å²) in [4.78, 5) is 15.4. The quantitative estimate of drug-likeness (QED) is 0.169. The van der Waals surface area contributed by atoms with Crippen molar-refractivity contribution in [2.45, 2.75) is 0 Å². The van der Waals surface area contributed by atoms with Gasteiger partial charge < -0.3 is 0 Å². The molecule has 1 aliphatic rings. The number of aromatic nitrogens is 4. The molecule has 246 valence electrons. The van der Waals surface area contributed by atoms with Gasteiger partial charge in [-0.15, -0.1) is 0 Å². The standard InChI is InChI=1S/C45H30N5OP/c51-52(34-23-11-4-12-24-34)40-28-16-14-26-37(40)41-39(50(52)33-21-9-3-10-22-33)30-29-36-35-25-13-15-27-38(35)49(42(36)41)45-47-43(31-17-5-1-6-18-31)46-44(48-45)32-19-7-2-8-20-32/h1-30H. The van der Waals surface area contributed by atoms with Gasteiger partial charge in [0.05, 0.1) is 16.7 Å². The molecule has 10 rings (SSSR count). The maximum atomic E-state index is 16.1. The van der Waals surface area contributed by atoms with Crippen LogP contribution in [0.25, 0.3) is 61.7 Å². The number of rotatable bonds is 5. The largest absolute Gasteiger partial charge is 0.289 e.